The molecule has 0 aliphatic heterocycles. The second-order valence-corrected chi connectivity index (χ2v) is 5.65. The van der Waals surface area contributed by atoms with E-state index in [1.165, 1.54) is 19.2 Å². The number of hydrogen-bond donors (Lipinski definition) is 3. The molecule has 2 aromatic carbocycles. The molecule has 0 saturated carbocycles. The van der Waals surface area contributed by atoms with Crippen molar-refractivity contribution < 1.29 is 19.1 Å². The van der Waals surface area contributed by atoms with Gasteiger partial charge in [-0.25, -0.2) is 0 Å². The van der Waals surface area contributed by atoms with Crippen molar-refractivity contribution in [3.63, 3.8) is 0 Å². The minimum absolute atomic E-state index is 0.00177. The van der Waals surface area contributed by atoms with Gasteiger partial charge in [-0.15, -0.1) is 0 Å². The normalized spacial score (nSPS) is 9.92. The van der Waals surface area contributed by atoms with E-state index >= 15 is 0 Å². The second-order valence-electron chi connectivity index (χ2n) is 5.22. The van der Waals surface area contributed by atoms with E-state index in [0.717, 1.165) is 0 Å². The number of carbonyl (C=O) groups excluding carboxylic acids is 3. The number of carbonyl (C=O) groups is 3. The highest BCUT2D eigenvalue weighted by atomic mass is 35.5. The number of methoxy groups -OCH3 is 1. The van der Waals surface area contributed by atoms with Gasteiger partial charge in [0.05, 0.1) is 12.7 Å². The maximum absolute atomic E-state index is 12.1. The van der Waals surface area contributed by atoms with Gasteiger partial charge < -0.3 is 10.1 Å². The van der Waals surface area contributed by atoms with Crippen LogP contribution in [0.5, 0.6) is 5.75 Å². The smallest absolute Gasteiger partial charge is 0.269 e. The summed E-state index contributed by atoms with van der Waals surface area (Å²) in [6.45, 7) is 0.111. The summed E-state index contributed by atoms with van der Waals surface area (Å²) in [5.74, 6) is -0.800. The van der Waals surface area contributed by atoms with Crippen molar-refractivity contribution in [2.75, 3.05) is 13.7 Å². The first-order chi connectivity index (χ1) is 12.5. The molecule has 0 bridgehead atoms. The molecular formula is C18H18ClN3O4. The van der Waals surface area contributed by atoms with Crippen molar-refractivity contribution in [2.24, 2.45) is 0 Å². The number of nitrogens with one attached hydrogen (secondary N) is 3. The van der Waals surface area contributed by atoms with Gasteiger partial charge in [0.1, 0.15) is 5.75 Å². The van der Waals surface area contributed by atoms with Crippen LogP contribution < -0.4 is 20.9 Å². The highest BCUT2D eigenvalue weighted by Gasteiger charge is 2.12. The summed E-state index contributed by atoms with van der Waals surface area (Å²) in [6, 6.07) is 13.0. The Morgan fingerprint density at radius 1 is 0.962 bits per heavy atom. The number of ether oxygens (including phenoxy) is 1. The van der Waals surface area contributed by atoms with Crippen LogP contribution in [0.3, 0.4) is 0 Å². The van der Waals surface area contributed by atoms with E-state index in [-0.39, 0.29) is 18.9 Å². The van der Waals surface area contributed by atoms with Gasteiger partial charge in [-0.05, 0) is 36.4 Å². The SMILES string of the molecule is COc1ccccc1C(=O)NCCC(=O)NNC(=O)c1ccc(Cl)cc1. The maximum Gasteiger partial charge on any atom is 0.269 e. The van der Waals surface area contributed by atoms with Crippen LogP contribution >= 0.6 is 11.6 Å². The molecule has 8 heteroatoms. The molecule has 0 aromatic heterocycles. The van der Waals surface area contributed by atoms with E-state index in [1.807, 2.05) is 0 Å². The highest BCUT2D eigenvalue weighted by Crippen LogP contribution is 2.16. The summed E-state index contributed by atoms with van der Waals surface area (Å²) in [5.41, 5.74) is 5.32. The average Bonchev–Trinajstić information content (AvgIpc) is 2.66. The van der Waals surface area contributed by atoms with Crippen LogP contribution in [0, 0.1) is 0 Å². The number of benzene rings is 2. The average molecular weight is 376 g/mol. The van der Waals surface area contributed by atoms with Gasteiger partial charge in [0, 0.05) is 23.6 Å². The van der Waals surface area contributed by atoms with Gasteiger partial charge in [0.25, 0.3) is 11.8 Å². The molecule has 2 rings (SSSR count). The van der Waals surface area contributed by atoms with Gasteiger partial charge in [0.15, 0.2) is 0 Å². The molecule has 0 spiro atoms. The van der Waals surface area contributed by atoms with Gasteiger partial charge in [0.2, 0.25) is 5.91 Å². The lowest BCUT2D eigenvalue weighted by molar-refractivity contribution is -0.121. The number of para-hydroxylation sites is 1. The molecular weight excluding hydrogens is 358 g/mol. The third-order valence-electron chi connectivity index (χ3n) is 3.41. The zero-order valence-electron chi connectivity index (χ0n) is 14.0. The third kappa shape index (κ3) is 5.49. The van der Waals surface area contributed by atoms with E-state index in [9.17, 15) is 14.4 Å². The van der Waals surface area contributed by atoms with Gasteiger partial charge >= 0.3 is 0 Å². The lowest BCUT2D eigenvalue weighted by Gasteiger charge is -2.10. The minimum Gasteiger partial charge on any atom is -0.496 e. The standard InChI is InChI=1S/C18H18ClN3O4/c1-26-15-5-3-2-4-14(15)18(25)20-11-10-16(23)21-22-17(24)12-6-8-13(19)9-7-12/h2-9H,10-11H2,1H3,(H,20,25)(H,21,23)(H,22,24). The van der Waals surface area contributed by atoms with Crippen LogP contribution in [0.25, 0.3) is 0 Å². The Balaban J connectivity index is 1.74. The Morgan fingerprint density at radius 3 is 2.35 bits per heavy atom. The van der Waals surface area contributed by atoms with Crippen molar-refractivity contribution in [3.8, 4) is 5.75 Å². The molecule has 0 fully saturated rings. The second kappa shape index (κ2) is 9.43. The molecule has 7 nitrogen and oxygen atoms in total. The lowest BCUT2D eigenvalue weighted by Crippen LogP contribution is -2.42. The predicted octanol–water partition coefficient (Wildman–Crippen LogP) is 1.93. The highest BCUT2D eigenvalue weighted by molar-refractivity contribution is 6.30. The number of hydrogen-bond acceptors (Lipinski definition) is 4. The molecule has 0 unspecified atom stereocenters. The molecule has 2 aromatic rings. The van der Waals surface area contributed by atoms with Gasteiger partial charge in [-0.3, -0.25) is 25.2 Å². The molecule has 0 radical (unpaired) electrons. The first-order valence-electron chi connectivity index (χ1n) is 7.77. The summed E-state index contributed by atoms with van der Waals surface area (Å²) >= 11 is 5.75. The number of rotatable bonds is 6. The molecule has 0 aliphatic rings. The fourth-order valence-corrected chi connectivity index (χ4v) is 2.21. The van der Waals surface area contributed by atoms with Crippen LogP contribution in [0.4, 0.5) is 0 Å². The van der Waals surface area contributed by atoms with Crippen molar-refractivity contribution in [3.05, 3.63) is 64.7 Å². The van der Waals surface area contributed by atoms with E-state index in [1.54, 1.807) is 36.4 Å². The fourth-order valence-electron chi connectivity index (χ4n) is 2.08. The van der Waals surface area contributed by atoms with E-state index in [4.69, 9.17) is 16.3 Å². The van der Waals surface area contributed by atoms with E-state index < -0.39 is 11.8 Å². The summed E-state index contributed by atoms with van der Waals surface area (Å²) in [6.07, 6.45) is 0.00177. The number of amides is 3. The van der Waals surface area contributed by atoms with Gasteiger partial charge in [-0.2, -0.15) is 0 Å². The maximum atomic E-state index is 12.1. The van der Waals surface area contributed by atoms with Crippen LogP contribution in [-0.4, -0.2) is 31.4 Å². The Kier molecular flexibility index (Phi) is 6.99. The minimum atomic E-state index is -0.465. The molecule has 0 saturated heterocycles. The monoisotopic (exact) mass is 375 g/mol. The van der Waals surface area contributed by atoms with Gasteiger partial charge in [-0.1, -0.05) is 23.7 Å². The predicted molar refractivity (Wildman–Crippen MR) is 97.0 cm³/mol. The Bertz CT molecular complexity index is 793. The van der Waals surface area contributed by atoms with Crippen LogP contribution in [0.15, 0.2) is 48.5 Å². The van der Waals surface area contributed by atoms with E-state index in [2.05, 4.69) is 16.2 Å². The van der Waals surface area contributed by atoms with Crippen LogP contribution in [-0.2, 0) is 4.79 Å². The quantitative estimate of drug-likeness (QED) is 0.672. The summed E-state index contributed by atoms with van der Waals surface area (Å²) in [4.78, 5) is 35.7. The first kappa shape index (κ1) is 19.3. The largest absolute Gasteiger partial charge is 0.496 e. The molecule has 3 N–H and O–H groups in total. The summed E-state index contributed by atoms with van der Waals surface area (Å²) < 4.78 is 5.11. The van der Waals surface area contributed by atoms with Crippen molar-refractivity contribution >= 4 is 29.3 Å². The van der Waals surface area contributed by atoms with Crippen molar-refractivity contribution in [2.45, 2.75) is 6.42 Å². The summed E-state index contributed by atoms with van der Waals surface area (Å²) in [5, 5.41) is 3.13. The van der Waals surface area contributed by atoms with Crippen LogP contribution in [0.2, 0.25) is 5.02 Å². The molecule has 3 amide bonds. The van der Waals surface area contributed by atoms with Crippen molar-refractivity contribution in [1.82, 2.24) is 16.2 Å². The molecule has 0 atom stereocenters. The zero-order chi connectivity index (χ0) is 18.9. The topological polar surface area (TPSA) is 96.5 Å². The Morgan fingerprint density at radius 2 is 1.65 bits per heavy atom. The number of hydrazine groups is 1. The van der Waals surface area contributed by atoms with E-state index in [0.29, 0.717) is 21.9 Å². The molecule has 26 heavy (non-hydrogen) atoms. The Hall–Kier alpha value is -3.06. The summed E-state index contributed by atoms with van der Waals surface area (Å²) in [7, 11) is 1.48. The third-order valence-corrected chi connectivity index (χ3v) is 3.66. The zero-order valence-corrected chi connectivity index (χ0v) is 14.8. The lowest BCUT2D eigenvalue weighted by atomic mass is 10.2. The number of halogens is 1. The Labute approximate surface area is 155 Å². The molecule has 0 aliphatic carbocycles. The molecule has 136 valence electrons. The fraction of sp³-hybridized carbons (Fsp3) is 0.167. The first-order valence-corrected chi connectivity index (χ1v) is 8.15. The van der Waals surface area contributed by atoms with Crippen molar-refractivity contribution in [1.29, 1.82) is 0 Å². The molecule has 0 heterocycles. The van der Waals surface area contributed by atoms with Crippen LogP contribution in [0.1, 0.15) is 27.1 Å².